The average molecular weight is 313 g/mol. The molecule has 0 spiro atoms. The number of hydrogen-bond acceptors (Lipinski definition) is 4. The van der Waals surface area contributed by atoms with Gasteiger partial charge in [-0.05, 0) is 50.0 Å². The first-order valence-electron chi connectivity index (χ1n) is 7.96. The number of carbonyl (C=O) groups is 2. The minimum absolute atomic E-state index is 0.109. The molecule has 6 heteroatoms. The highest BCUT2D eigenvalue weighted by Crippen LogP contribution is 2.28. The molecule has 4 heterocycles. The minimum Gasteiger partial charge on any atom is -0.463 e. The van der Waals surface area contributed by atoms with Crippen molar-refractivity contribution in [2.45, 2.75) is 18.9 Å². The number of primary amides is 1. The number of piperidine rings is 3. The van der Waals surface area contributed by atoms with Crippen LogP contribution in [0.25, 0.3) is 11.0 Å². The maximum atomic E-state index is 12.6. The van der Waals surface area contributed by atoms with Crippen LogP contribution in [0.2, 0.25) is 0 Å². The number of carbonyl (C=O) groups excluding carboxylic acids is 2. The van der Waals surface area contributed by atoms with Gasteiger partial charge in [-0.3, -0.25) is 9.59 Å². The maximum absolute atomic E-state index is 12.6. The van der Waals surface area contributed by atoms with Gasteiger partial charge >= 0.3 is 0 Å². The molecule has 5 rings (SSSR count). The molecule has 0 radical (unpaired) electrons. The van der Waals surface area contributed by atoms with Crippen molar-refractivity contribution >= 4 is 22.8 Å². The number of hydrogen-bond donors (Lipinski definition) is 2. The predicted octanol–water partition coefficient (Wildman–Crippen LogP) is 1.36. The number of nitrogens with two attached hydrogens (primary N) is 1. The van der Waals surface area contributed by atoms with Crippen LogP contribution in [-0.2, 0) is 0 Å². The van der Waals surface area contributed by atoms with Gasteiger partial charge in [0.05, 0.1) is 5.56 Å². The molecule has 3 saturated heterocycles. The van der Waals surface area contributed by atoms with Crippen molar-refractivity contribution in [2.24, 2.45) is 11.7 Å². The van der Waals surface area contributed by atoms with E-state index >= 15 is 0 Å². The van der Waals surface area contributed by atoms with Crippen LogP contribution in [0.15, 0.2) is 28.9 Å². The van der Waals surface area contributed by atoms with Gasteiger partial charge in [-0.25, -0.2) is 0 Å². The Morgan fingerprint density at radius 1 is 1.26 bits per heavy atom. The molecule has 2 aromatic rings. The van der Waals surface area contributed by atoms with Gasteiger partial charge < -0.3 is 20.4 Å². The van der Waals surface area contributed by atoms with E-state index in [2.05, 4.69) is 10.2 Å². The molecule has 2 bridgehead atoms. The first-order chi connectivity index (χ1) is 11.1. The smallest absolute Gasteiger partial charge is 0.252 e. The van der Waals surface area contributed by atoms with E-state index in [1.807, 2.05) is 0 Å². The molecule has 2 amide bonds. The lowest BCUT2D eigenvalue weighted by Gasteiger charge is -2.44. The van der Waals surface area contributed by atoms with Gasteiger partial charge in [0.2, 0.25) is 0 Å². The molecule has 1 unspecified atom stereocenters. The molecule has 3 aliphatic heterocycles. The highest BCUT2D eigenvalue weighted by molar-refractivity contribution is 6.07. The van der Waals surface area contributed by atoms with Crippen molar-refractivity contribution < 1.29 is 14.0 Å². The van der Waals surface area contributed by atoms with E-state index in [1.54, 1.807) is 18.2 Å². The Morgan fingerprint density at radius 2 is 2.04 bits per heavy atom. The molecule has 3 fully saturated rings. The molecule has 1 aromatic carbocycles. The third kappa shape index (κ3) is 2.49. The van der Waals surface area contributed by atoms with Gasteiger partial charge in [-0.2, -0.15) is 0 Å². The van der Waals surface area contributed by atoms with E-state index in [0.717, 1.165) is 32.5 Å². The third-order valence-electron chi connectivity index (χ3n) is 5.07. The van der Waals surface area contributed by atoms with E-state index in [9.17, 15) is 9.59 Å². The summed E-state index contributed by atoms with van der Waals surface area (Å²) < 4.78 is 5.30. The molecule has 23 heavy (non-hydrogen) atoms. The summed E-state index contributed by atoms with van der Waals surface area (Å²) in [5, 5.41) is 3.73. The summed E-state index contributed by atoms with van der Waals surface area (Å²) in [4.78, 5) is 26.4. The Bertz CT molecular complexity index is 774. The van der Waals surface area contributed by atoms with Gasteiger partial charge in [0.15, 0.2) is 0 Å². The number of fused-ring (bicyclic) bond motifs is 4. The van der Waals surface area contributed by atoms with Crippen LogP contribution in [0.4, 0.5) is 0 Å². The van der Waals surface area contributed by atoms with Crippen LogP contribution in [-0.4, -0.2) is 42.4 Å². The zero-order chi connectivity index (χ0) is 16.0. The summed E-state index contributed by atoms with van der Waals surface area (Å²) in [5.74, 6) is -0.0937. The van der Waals surface area contributed by atoms with E-state index in [4.69, 9.17) is 10.2 Å². The first-order valence-corrected chi connectivity index (χ1v) is 7.96. The van der Waals surface area contributed by atoms with Gasteiger partial charge in [-0.15, -0.1) is 0 Å². The van der Waals surface area contributed by atoms with E-state index < -0.39 is 5.91 Å². The largest absolute Gasteiger partial charge is 0.463 e. The van der Waals surface area contributed by atoms with Crippen LogP contribution in [0.1, 0.15) is 33.6 Å². The second-order valence-corrected chi connectivity index (χ2v) is 6.44. The summed E-state index contributed by atoms with van der Waals surface area (Å²) >= 11 is 0. The number of rotatable bonds is 3. The maximum Gasteiger partial charge on any atom is 0.252 e. The quantitative estimate of drug-likeness (QED) is 0.895. The van der Waals surface area contributed by atoms with Crippen molar-refractivity contribution in [3.8, 4) is 0 Å². The molecule has 6 nitrogen and oxygen atoms in total. The van der Waals surface area contributed by atoms with Crippen molar-refractivity contribution in [2.75, 3.05) is 19.6 Å². The molecule has 1 atom stereocenters. The summed E-state index contributed by atoms with van der Waals surface area (Å²) in [7, 11) is 0. The molecule has 1 aromatic heterocycles. The number of benzene rings is 1. The molecule has 0 aliphatic carbocycles. The van der Waals surface area contributed by atoms with Crippen LogP contribution in [0.5, 0.6) is 0 Å². The monoisotopic (exact) mass is 313 g/mol. The highest BCUT2D eigenvalue weighted by Gasteiger charge is 2.35. The summed E-state index contributed by atoms with van der Waals surface area (Å²) in [6.45, 7) is 3.21. The minimum atomic E-state index is -0.557. The Labute approximate surface area is 133 Å². The van der Waals surface area contributed by atoms with E-state index in [1.165, 1.54) is 6.26 Å². The number of amides is 2. The lowest BCUT2D eigenvalue weighted by Crippen LogP contribution is -2.57. The van der Waals surface area contributed by atoms with Crippen LogP contribution in [0.3, 0.4) is 0 Å². The van der Waals surface area contributed by atoms with Crippen molar-refractivity contribution in [3.05, 3.63) is 35.6 Å². The number of nitrogens with one attached hydrogen (secondary N) is 1. The third-order valence-corrected chi connectivity index (χ3v) is 5.07. The summed E-state index contributed by atoms with van der Waals surface area (Å²) in [6.07, 6.45) is 3.64. The molecule has 3 aliphatic rings. The summed E-state index contributed by atoms with van der Waals surface area (Å²) in [6, 6.07) is 5.30. The van der Waals surface area contributed by atoms with E-state index in [0.29, 0.717) is 28.0 Å². The van der Waals surface area contributed by atoms with Crippen molar-refractivity contribution in [1.29, 1.82) is 0 Å². The number of nitrogens with zero attached hydrogens (tertiary/aromatic N) is 1. The van der Waals surface area contributed by atoms with Gasteiger partial charge in [-0.1, -0.05) is 0 Å². The Hall–Kier alpha value is -2.34. The molecular formula is C17H19N3O3. The van der Waals surface area contributed by atoms with Crippen molar-refractivity contribution in [3.63, 3.8) is 0 Å². The topological polar surface area (TPSA) is 88.6 Å². The van der Waals surface area contributed by atoms with Gasteiger partial charge in [0, 0.05) is 23.5 Å². The zero-order valence-corrected chi connectivity index (χ0v) is 12.7. The first kappa shape index (κ1) is 14.3. The van der Waals surface area contributed by atoms with Crippen LogP contribution in [0, 0.1) is 5.92 Å². The van der Waals surface area contributed by atoms with Gasteiger partial charge in [0.1, 0.15) is 11.8 Å². The highest BCUT2D eigenvalue weighted by atomic mass is 16.3. The predicted molar refractivity (Wildman–Crippen MR) is 85.2 cm³/mol. The average Bonchev–Trinajstić information content (AvgIpc) is 2.99. The Morgan fingerprint density at radius 3 is 2.70 bits per heavy atom. The normalized spacial score (nSPS) is 26.3. The lowest BCUT2D eigenvalue weighted by molar-refractivity contribution is 0.0620. The summed E-state index contributed by atoms with van der Waals surface area (Å²) in [5.41, 5.74) is 6.72. The second-order valence-electron chi connectivity index (χ2n) is 6.44. The fraction of sp³-hybridized carbons (Fsp3) is 0.412. The molecule has 120 valence electrons. The van der Waals surface area contributed by atoms with Crippen LogP contribution < -0.4 is 11.1 Å². The number of furan rings is 1. The Balaban J connectivity index is 1.57. The molecular weight excluding hydrogens is 294 g/mol. The molecule has 3 N–H and O–H groups in total. The Kier molecular flexibility index (Phi) is 3.34. The second kappa shape index (κ2) is 5.38. The van der Waals surface area contributed by atoms with Gasteiger partial charge in [0.25, 0.3) is 11.8 Å². The SMILES string of the molecule is NC(=O)c1coc2ccc(C(=O)NC3CN4CCC3CC4)cc12. The van der Waals surface area contributed by atoms with Crippen LogP contribution >= 0.6 is 0 Å². The zero-order valence-electron chi connectivity index (χ0n) is 12.7. The molecule has 0 saturated carbocycles. The van der Waals surface area contributed by atoms with Crippen molar-refractivity contribution in [1.82, 2.24) is 10.2 Å². The fourth-order valence-corrected chi connectivity index (χ4v) is 3.74. The fourth-order valence-electron chi connectivity index (χ4n) is 3.74. The van der Waals surface area contributed by atoms with E-state index in [-0.39, 0.29) is 11.9 Å². The lowest BCUT2D eigenvalue weighted by atomic mass is 9.84. The standard InChI is InChI=1S/C17H19N3O3/c18-16(21)13-9-23-15-2-1-11(7-12(13)15)17(22)19-14-8-20-5-3-10(14)4-6-20/h1-2,7,9-10,14H,3-6,8H2,(H2,18,21)(H,19,22).